The molecule has 0 saturated carbocycles. The smallest absolute Gasteiger partial charge is 0.0645 e. The molecule has 1 atom stereocenters. The third-order valence-corrected chi connectivity index (χ3v) is 4.47. The first-order valence-electron chi connectivity index (χ1n) is 7.68. The van der Waals surface area contributed by atoms with E-state index in [0.29, 0.717) is 6.04 Å². The quantitative estimate of drug-likeness (QED) is 0.878. The highest BCUT2D eigenvalue weighted by molar-refractivity contribution is 5.36. The Morgan fingerprint density at radius 3 is 2.30 bits per heavy atom. The Bertz CT molecular complexity index is 590. The maximum atomic E-state index is 3.60. The van der Waals surface area contributed by atoms with Gasteiger partial charge in [-0.3, -0.25) is 4.68 Å². The van der Waals surface area contributed by atoms with Gasteiger partial charge in [-0.2, -0.15) is 0 Å². The molecule has 1 aliphatic rings. The van der Waals surface area contributed by atoms with Gasteiger partial charge in [0.05, 0.1) is 6.04 Å². The van der Waals surface area contributed by atoms with E-state index >= 15 is 0 Å². The molecule has 0 bridgehead atoms. The largest absolute Gasteiger partial charge is 0.319 e. The lowest BCUT2D eigenvalue weighted by Crippen LogP contribution is -2.21. The van der Waals surface area contributed by atoms with Gasteiger partial charge in [-0.15, -0.1) is 0 Å². The SMILES string of the molecule is Cc1ccc(C)n1NC(C)c1ccc2c(c1)CCCC2. The number of hydrogen-bond donors (Lipinski definition) is 1. The second kappa shape index (κ2) is 5.35. The second-order valence-corrected chi connectivity index (χ2v) is 6.04. The highest BCUT2D eigenvalue weighted by Crippen LogP contribution is 2.25. The summed E-state index contributed by atoms with van der Waals surface area (Å²) in [5.41, 5.74) is 10.6. The third kappa shape index (κ3) is 2.47. The fourth-order valence-electron chi connectivity index (χ4n) is 3.16. The molecule has 0 fully saturated rings. The van der Waals surface area contributed by atoms with Gasteiger partial charge >= 0.3 is 0 Å². The lowest BCUT2D eigenvalue weighted by Gasteiger charge is -2.22. The number of benzene rings is 1. The lowest BCUT2D eigenvalue weighted by molar-refractivity contribution is 0.673. The molecule has 0 radical (unpaired) electrons. The van der Waals surface area contributed by atoms with Gasteiger partial charge < -0.3 is 5.43 Å². The summed E-state index contributed by atoms with van der Waals surface area (Å²) in [6, 6.07) is 11.7. The van der Waals surface area contributed by atoms with E-state index in [-0.39, 0.29) is 0 Å². The minimum Gasteiger partial charge on any atom is -0.319 e. The Labute approximate surface area is 121 Å². The molecule has 1 N–H and O–H groups in total. The second-order valence-electron chi connectivity index (χ2n) is 6.04. The molecular weight excluding hydrogens is 244 g/mol. The molecular formula is C18H24N2. The molecule has 2 heteroatoms. The van der Waals surface area contributed by atoms with Crippen molar-refractivity contribution in [2.45, 2.75) is 52.5 Å². The molecule has 0 saturated heterocycles. The van der Waals surface area contributed by atoms with Crippen LogP contribution in [0.15, 0.2) is 30.3 Å². The summed E-state index contributed by atoms with van der Waals surface area (Å²) in [6.45, 7) is 6.52. The number of nitrogens with zero attached hydrogens (tertiary/aromatic N) is 1. The molecule has 1 aromatic heterocycles. The Morgan fingerprint density at radius 2 is 1.60 bits per heavy atom. The first-order chi connectivity index (χ1) is 9.65. The van der Waals surface area contributed by atoms with Gasteiger partial charge in [-0.1, -0.05) is 18.2 Å². The van der Waals surface area contributed by atoms with Crippen LogP contribution >= 0.6 is 0 Å². The number of hydrogen-bond acceptors (Lipinski definition) is 1. The van der Waals surface area contributed by atoms with E-state index in [1.165, 1.54) is 42.6 Å². The highest BCUT2D eigenvalue weighted by atomic mass is 15.4. The van der Waals surface area contributed by atoms with Crippen molar-refractivity contribution in [1.82, 2.24) is 4.68 Å². The summed E-state index contributed by atoms with van der Waals surface area (Å²) >= 11 is 0. The van der Waals surface area contributed by atoms with Crippen LogP contribution in [0.25, 0.3) is 0 Å². The zero-order chi connectivity index (χ0) is 14.1. The Morgan fingerprint density at radius 1 is 0.950 bits per heavy atom. The summed E-state index contributed by atoms with van der Waals surface area (Å²) in [7, 11) is 0. The first-order valence-corrected chi connectivity index (χ1v) is 7.68. The zero-order valence-corrected chi connectivity index (χ0v) is 12.7. The third-order valence-electron chi connectivity index (χ3n) is 4.47. The minimum atomic E-state index is 0.326. The molecule has 1 aromatic carbocycles. The predicted octanol–water partition coefficient (Wildman–Crippen LogP) is 4.29. The zero-order valence-electron chi connectivity index (χ0n) is 12.7. The van der Waals surface area contributed by atoms with Gasteiger partial charge in [0, 0.05) is 11.4 Å². The van der Waals surface area contributed by atoms with Crippen LogP contribution in [0, 0.1) is 13.8 Å². The van der Waals surface area contributed by atoms with Crippen molar-refractivity contribution in [1.29, 1.82) is 0 Å². The lowest BCUT2D eigenvalue weighted by atomic mass is 9.89. The van der Waals surface area contributed by atoms with E-state index in [0.717, 1.165) is 0 Å². The van der Waals surface area contributed by atoms with Gasteiger partial charge in [-0.25, -0.2) is 0 Å². The summed E-state index contributed by atoms with van der Waals surface area (Å²) in [5, 5.41) is 0. The molecule has 0 aliphatic heterocycles. The molecule has 106 valence electrons. The van der Waals surface area contributed by atoms with Gasteiger partial charge in [0.25, 0.3) is 0 Å². The molecule has 1 unspecified atom stereocenters. The van der Waals surface area contributed by atoms with Crippen molar-refractivity contribution in [2.75, 3.05) is 5.43 Å². The van der Waals surface area contributed by atoms with Crippen molar-refractivity contribution >= 4 is 0 Å². The van der Waals surface area contributed by atoms with E-state index in [2.05, 4.69) is 61.2 Å². The van der Waals surface area contributed by atoms with Crippen molar-refractivity contribution in [3.8, 4) is 0 Å². The molecule has 2 nitrogen and oxygen atoms in total. The van der Waals surface area contributed by atoms with Gasteiger partial charge in [0.2, 0.25) is 0 Å². The van der Waals surface area contributed by atoms with Crippen molar-refractivity contribution in [3.63, 3.8) is 0 Å². The molecule has 3 rings (SSSR count). The van der Waals surface area contributed by atoms with Crippen LogP contribution in [-0.2, 0) is 12.8 Å². The topological polar surface area (TPSA) is 17.0 Å². The van der Waals surface area contributed by atoms with Crippen LogP contribution < -0.4 is 5.43 Å². The number of aromatic nitrogens is 1. The van der Waals surface area contributed by atoms with Crippen LogP contribution in [-0.4, -0.2) is 4.68 Å². The van der Waals surface area contributed by atoms with Crippen LogP contribution in [0.3, 0.4) is 0 Å². The molecule has 1 heterocycles. The summed E-state index contributed by atoms with van der Waals surface area (Å²) in [5.74, 6) is 0. The molecule has 20 heavy (non-hydrogen) atoms. The molecule has 1 aliphatic carbocycles. The van der Waals surface area contributed by atoms with Crippen LogP contribution in [0.5, 0.6) is 0 Å². The van der Waals surface area contributed by atoms with Gasteiger partial charge in [0.1, 0.15) is 0 Å². The Balaban J connectivity index is 1.82. The van der Waals surface area contributed by atoms with Crippen molar-refractivity contribution in [3.05, 3.63) is 58.4 Å². The maximum Gasteiger partial charge on any atom is 0.0645 e. The van der Waals surface area contributed by atoms with Gasteiger partial charge in [-0.05, 0) is 75.3 Å². The average molecular weight is 268 g/mol. The van der Waals surface area contributed by atoms with Crippen molar-refractivity contribution < 1.29 is 0 Å². The monoisotopic (exact) mass is 268 g/mol. The van der Waals surface area contributed by atoms with E-state index < -0.39 is 0 Å². The predicted molar refractivity (Wildman–Crippen MR) is 84.8 cm³/mol. The van der Waals surface area contributed by atoms with E-state index in [1.54, 1.807) is 11.1 Å². The highest BCUT2D eigenvalue weighted by Gasteiger charge is 2.13. The molecule has 0 spiro atoms. The van der Waals surface area contributed by atoms with Crippen molar-refractivity contribution in [2.24, 2.45) is 0 Å². The standard InChI is InChI=1S/C18H24N2/c1-13-8-9-14(2)20(13)19-15(3)17-11-10-16-6-4-5-7-18(16)12-17/h8-12,15,19H,4-7H2,1-3H3. The maximum absolute atomic E-state index is 3.60. The van der Waals surface area contributed by atoms with E-state index in [9.17, 15) is 0 Å². The van der Waals surface area contributed by atoms with E-state index in [1.807, 2.05) is 0 Å². The average Bonchev–Trinajstić information content (AvgIpc) is 2.78. The van der Waals surface area contributed by atoms with Crippen LogP contribution in [0.4, 0.5) is 0 Å². The number of rotatable bonds is 3. The normalized spacial score (nSPS) is 15.8. The summed E-state index contributed by atoms with van der Waals surface area (Å²) in [4.78, 5) is 0. The minimum absolute atomic E-state index is 0.326. The summed E-state index contributed by atoms with van der Waals surface area (Å²) in [6.07, 6.45) is 5.20. The fraction of sp³-hybridized carbons (Fsp3) is 0.444. The number of aryl methyl sites for hydroxylation is 4. The summed E-state index contributed by atoms with van der Waals surface area (Å²) < 4.78 is 2.18. The van der Waals surface area contributed by atoms with E-state index in [4.69, 9.17) is 0 Å². The first kappa shape index (κ1) is 13.3. The Kier molecular flexibility index (Phi) is 3.56. The number of nitrogens with one attached hydrogen (secondary N) is 1. The molecule has 2 aromatic rings. The fourth-order valence-corrected chi connectivity index (χ4v) is 3.16. The number of fused-ring (bicyclic) bond motifs is 1. The van der Waals surface area contributed by atoms with Crippen LogP contribution in [0.2, 0.25) is 0 Å². The van der Waals surface area contributed by atoms with Gasteiger partial charge in [0.15, 0.2) is 0 Å². The molecule has 0 amide bonds. The van der Waals surface area contributed by atoms with Crippen LogP contribution in [0.1, 0.15) is 53.9 Å². The Hall–Kier alpha value is -1.70.